The monoisotopic (exact) mass is 471 g/mol. The quantitative estimate of drug-likeness (QED) is 0.391. The largest absolute Gasteiger partial charge is 0.456 e. The second-order valence-corrected chi connectivity index (χ2v) is 7.89. The third-order valence-electron chi connectivity index (χ3n) is 5.43. The molecule has 0 radical (unpaired) electrons. The number of fused-ring (bicyclic) bond motifs is 2. The molecule has 0 saturated carbocycles. The molecule has 2 aromatic rings. The van der Waals surface area contributed by atoms with Crippen LogP contribution in [-0.2, 0) is 33.3 Å². The van der Waals surface area contributed by atoms with E-state index in [1.807, 2.05) is 0 Å². The third-order valence-corrected chi connectivity index (χ3v) is 5.43. The third kappa shape index (κ3) is 3.96. The van der Waals surface area contributed by atoms with Gasteiger partial charge >= 0.3 is 17.9 Å². The molecule has 34 heavy (non-hydrogen) atoms. The molecule has 1 fully saturated rings. The van der Waals surface area contributed by atoms with Gasteiger partial charge in [0.1, 0.15) is 5.69 Å². The lowest BCUT2D eigenvalue weighted by molar-refractivity contribution is -0.261. The molecule has 1 aliphatic heterocycles. The smallest absolute Gasteiger partial charge is 0.303 e. The molecule has 1 saturated heterocycles. The Morgan fingerprint density at radius 3 is 1.97 bits per heavy atom. The summed E-state index contributed by atoms with van der Waals surface area (Å²) < 4.78 is 23.1. The second-order valence-electron chi connectivity index (χ2n) is 7.89. The maximum Gasteiger partial charge on any atom is 0.303 e. The van der Waals surface area contributed by atoms with Crippen LogP contribution in [0, 0.1) is 0 Å². The Hall–Kier alpha value is -3.93. The Kier molecular flexibility index (Phi) is 6.00. The van der Waals surface area contributed by atoms with Gasteiger partial charge in [-0.15, -0.1) is 5.10 Å². The summed E-state index contributed by atoms with van der Waals surface area (Å²) in [4.78, 5) is 61.7. The van der Waals surface area contributed by atoms with E-state index < -0.39 is 60.1 Å². The van der Waals surface area contributed by atoms with E-state index in [1.165, 1.54) is 19.1 Å². The molecule has 0 bridgehead atoms. The van der Waals surface area contributed by atoms with Crippen molar-refractivity contribution >= 4 is 29.5 Å². The summed E-state index contributed by atoms with van der Waals surface area (Å²) in [7, 11) is 0. The zero-order valence-corrected chi connectivity index (χ0v) is 18.7. The number of rotatable bonds is 4. The fraction of sp³-hybridized carbons (Fsp3) is 0.409. The van der Waals surface area contributed by atoms with Gasteiger partial charge in [0, 0.05) is 31.9 Å². The summed E-state index contributed by atoms with van der Waals surface area (Å²) in [6, 6.07) is 6.26. The molecule has 12 heteroatoms. The zero-order chi connectivity index (χ0) is 24.7. The number of carbonyl (C=O) groups excluding carboxylic acids is 5. The van der Waals surface area contributed by atoms with Crippen molar-refractivity contribution in [1.29, 1.82) is 0 Å². The van der Waals surface area contributed by atoms with E-state index in [0.29, 0.717) is 0 Å². The predicted octanol–water partition coefficient (Wildman–Crippen LogP) is 0.766. The molecule has 2 aliphatic rings. The van der Waals surface area contributed by atoms with Crippen molar-refractivity contribution in [3.63, 3.8) is 0 Å². The van der Waals surface area contributed by atoms with Crippen molar-refractivity contribution in [3.8, 4) is 0 Å². The normalized spacial score (nSPS) is 25.7. The van der Waals surface area contributed by atoms with Crippen LogP contribution in [0.4, 0.5) is 0 Å². The van der Waals surface area contributed by atoms with E-state index in [9.17, 15) is 24.0 Å². The van der Waals surface area contributed by atoms with Crippen molar-refractivity contribution in [3.05, 3.63) is 46.8 Å². The minimum atomic E-state index is -1.38. The number of esters is 3. The van der Waals surface area contributed by atoms with Gasteiger partial charge in [0.15, 0.2) is 30.2 Å². The van der Waals surface area contributed by atoms with Crippen molar-refractivity contribution < 1.29 is 42.9 Å². The second kappa shape index (κ2) is 8.78. The summed E-state index contributed by atoms with van der Waals surface area (Å²) >= 11 is 0. The van der Waals surface area contributed by atoms with Gasteiger partial charge in [-0.3, -0.25) is 24.0 Å². The van der Waals surface area contributed by atoms with Crippen LogP contribution < -0.4 is 0 Å². The number of carbonyl (C=O) groups is 5. The molecule has 5 atom stereocenters. The number of benzene rings is 1. The fourth-order valence-electron chi connectivity index (χ4n) is 4.16. The Bertz CT molecular complexity index is 1200. The fourth-order valence-corrected chi connectivity index (χ4v) is 4.16. The van der Waals surface area contributed by atoms with E-state index in [4.69, 9.17) is 18.9 Å². The van der Waals surface area contributed by atoms with Crippen LogP contribution in [0.5, 0.6) is 0 Å². The summed E-state index contributed by atoms with van der Waals surface area (Å²) in [6.07, 6.45) is -6.01. The van der Waals surface area contributed by atoms with Gasteiger partial charge in [0.05, 0.1) is 6.10 Å². The molecular weight excluding hydrogens is 450 g/mol. The van der Waals surface area contributed by atoms with Crippen molar-refractivity contribution in [2.75, 3.05) is 0 Å². The molecule has 2 heterocycles. The van der Waals surface area contributed by atoms with Crippen LogP contribution in [0.2, 0.25) is 0 Å². The number of hydrogen-bond donors (Lipinski definition) is 0. The molecule has 0 spiro atoms. The lowest BCUT2D eigenvalue weighted by atomic mass is 9.89. The molecule has 0 amide bonds. The Labute approximate surface area is 193 Å². The zero-order valence-electron chi connectivity index (χ0n) is 18.7. The topological polar surface area (TPSA) is 153 Å². The van der Waals surface area contributed by atoms with E-state index >= 15 is 0 Å². The number of nitrogens with zero attached hydrogens (tertiary/aromatic N) is 3. The Morgan fingerprint density at radius 2 is 1.38 bits per heavy atom. The highest BCUT2D eigenvalue weighted by atomic mass is 16.7. The highest BCUT2D eigenvalue weighted by Crippen LogP contribution is 2.36. The van der Waals surface area contributed by atoms with Crippen LogP contribution >= 0.6 is 0 Å². The standard InChI is InChI=1S/C22H21N3O9/c1-9-19(32-10(2)26)20(33-11(3)27)21(34-12(4)28)22(31-9)25-16-15(23-24-25)17(29)13-7-5-6-8-14(13)18(16)30/h5-9,19-22H,1-4H3/t9-,19-,20+,21+,22+/m0/s1. The van der Waals surface area contributed by atoms with Gasteiger partial charge in [-0.2, -0.15) is 0 Å². The Balaban J connectivity index is 1.82. The molecular formula is C22H21N3O9. The van der Waals surface area contributed by atoms with Gasteiger partial charge in [-0.05, 0) is 6.92 Å². The minimum Gasteiger partial charge on any atom is -0.456 e. The number of ketones is 2. The number of ether oxygens (including phenoxy) is 4. The van der Waals surface area contributed by atoms with Crippen LogP contribution in [-0.4, -0.2) is 68.9 Å². The van der Waals surface area contributed by atoms with E-state index in [0.717, 1.165) is 18.5 Å². The number of hydrogen-bond acceptors (Lipinski definition) is 11. The van der Waals surface area contributed by atoms with Crippen LogP contribution in [0.1, 0.15) is 66.0 Å². The maximum atomic E-state index is 13.3. The number of aromatic nitrogens is 3. The highest BCUT2D eigenvalue weighted by Gasteiger charge is 2.53. The van der Waals surface area contributed by atoms with Crippen LogP contribution in [0.3, 0.4) is 0 Å². The highest BCUT2D eigenvalue weighted by molar-refractivity contribution is 6.26. The average molecular weight is 471 g/mol. The van der Waals surface area contributed by atoms with Crippen LogP contribution in [0.15, 0.2) is 24.3 Å². The molecule has 178 valence electrons. The Morgan fingerprint density at radius 1 is 0.853 bits per heavy atom. The first-order chi connectivity index (χ1) is 16.1. The first-order valence-corrected chi connectivity index (χ1v) is 10.4. The molecule has 1 aromatic carbocycles. The maximum absolute atomic E-state index is 13.3. The van der Waals surface area contributed by atoms with E-state index in [2.05, 4.69) is 10.3 Å². The van der Waals surface area contributed by atoms with Gasteiger partial charge in [0.2, 0.25) is 11.6 Å². The first kappa shape index (κ1) is 23.2. The molecule has 1 aliphatic carbocycles. The van der Waals surface area contributed by atoms with Crippen LogP contribution in [0.25, 0.3) is 0 Å². The van der Waals surface area contributed by atoms with Crippen molar-refractivity contribution in [2.45, 2.75) is 58.3 Å². The van der Waals surface area contributed by atoms with Gasteiger partial charge < -0.3 is 18.9 Å². The molecule has 1 aromatic heterocycles. The lowest BCUT2D eigenvalue weighted by Crippen LogP contribution is -2.59. The van der Waals surface area contributed by atoms with Gasteiger partial charge in [0.25, 0.3) is 0 Å². The average Bonchev–Trinajstić information content (AvgIpc) is 3.21. The SMILES string of the molecule is CC(=O)O[C@@H]1[C@@H](OC(C)=O)[C@H](C)O[C@@H](n2nnc3c2C(=O)c2ccccc2C3=O)[C@@H]1OC(C)=O. The van der Waals surface area contributed by atoms with Crippen molar-refractivity contribution in [1.82, 2.24) is 15.0 Å². The van der Waals surface area contributed by atoms with E-state index in [-0.39, 0.29) is 22.5 Å². The summed E-state index contributed by atoms with van der Waals surface area (Å²) in [5.41, 5.74) is -0.00163. The summed E-state index contributed by atoms with van der Waals surface area (Å²) in [5, 5.41) is 7.84. The summed E-state index contributed by atoms with van der Waals surface area (Å²) in [5.74, 6) is -3.19. The van der Waals surface area contributed by atoms with Gasteiger partial charge in [-0.25, -0.2) is 4.68 Å². The predicted molar refractivity (Wildman–Crippen MR) is 110 cm³/mol. The molecule has 12 nitrogen and oxygen atoms in total. The van der Waals surface area contributed by atoms with Gasteiger partial charge in [-0.1, -0.05) is 29.5 Å². The van der Waals surface area contributed by atoms with E-state index in [1.54, 1.807) is 19.1 Å². The molecule has 4 rings (SSSR count). The molecule has 0 unspecified atom stereocenters. The first-order valence-electron chi connectivity index (χ1n) is 10.4. The van der Waals surface area contributed by atoms with Crippen molar-refractivity contribution in [2.24, 2.45) is 0 Å². The molecule has 0 N–H and O–H groups in total. The summed E-state index contributed by atoms with van der Waals surface area (Å²) in [6.45, 7) is 4.98. The lowest BCUT2D eigenvalue weighted by Gasteiger charge is -2.43. The minimum absolute atomic E-state index is 0.158.